The normalized spacial score (nSPS) is 19.7. The lowest BCUT2D eigenvalue weighted by molar-refractivity contribution is 0.253. The molecule has 1 aliphatic heterocycles. The number of guanidine groups is 1. The molecule has 0 aromatic heterocycles. The van der Waals surface area contributed by atoms with Gasteiger partial charge in [0.25, 0.3) is 0 Å². The Kier molecular flexibility index (Phi) is 10.0. The summed E-state index contributed by atoms with van der Waals surface area (Å²) in [5, 5.41) is 6.46. The number of sulfonamides is 1. The largest absolute Gasteiger partial charge is 0.357 e. The van der Waals surface area contributed by atoms with Gasteiger partial charge in [-0.2, -0.15) is 11.8 Å². The smallest absolute Gasteiger partial charge is 0.215 e. The maximum absolute atomic E-state index is 12.5. The number of hydrogen-bond donors (Lipinski definition) is 2. The molecule has 0 radical (unpaired) electrons. The van der Waals surface area contributed by atoms with E-state index in [0.29, 0.717) is 25.6 Å². The van der Waals surface area contributed by atoms with Crippen molar-refractivity contribution in [2.24, 2.45) is 4.99 Å². The van der Waals surface area contributed by atoms with Crippen molar-refractivity contribution in [3.63, 3.8) is 0 Å². The zero-order valence-corrected chi connectivity index (χ0v) is 21.1. The zero-order chi connectivity index (χ0) is 19.9. The average molecular weight is 553 g/mol. The Hall–Kier alpha value is -0.520. The monoisotopic (exact) mass is 552 g/mol. The molecule has 1 aromatic carbocycles. The van der Waals surface area contributed by atoms with Gasteiger partial charge in [0.05, 0.1) is 12.3 Å². The van der Waals surface area contributed by atoms with Gasteiger partial charge in [-0.1, -0.05) is 36.8 Å². The lowest BCUT2D eigenvalue weighted by Crippen LogP contribution is -2.45. The van der Waals surface area contributed by atoms with Crippen molar-refractivity contribution in [3.05, 3.63) is 35.9 Å². The Balaban J connectivity index is 0.00000300. The molecule has 164 valence electrons. The number of thioether (sulfide) groups is 1. The zero-order valence-electron chi connectivity index (χ0n) is 17.1. The van der Waals surface area contributed by atoms with E-state index in [2.05, 4.69) is 34.9 Å². The molecule has 2 N–H and O–H groups in total. The number of aliphatic imine (C=N–C) groups is 1. The Bertz CT molecular complexity index is 749. The van der Waals surface area contributed by atoms with Crippen LogP contribution in [0.15, 0.2) is 35.3 Å². The van der Waals surface area contributed by atoms with E-state index in [1.807, 2.05) is 24.8 Å². The maximum atomic E-state index is 12.5. The highest BCUT2D eigenvalue weighted by molar-refractivity contribution is 14.0. The van der Waals surface area contributed by atoms with E-state index in [4.69, 9.17) is 4.99 Å². The van der Waals surface area contributed by atoms with Crippen LogP contribution in [0.5, 0.6) is 0 Å². The molecular weight excluding hydrogens is 519 g/mol. The molecule has 6 nitrogen and oxygen atoms in total. The molecular formula is C20H33IN4O2S2. The number of hydrogen-bond acceptors (Lipinski definition) is 4. The van der Waals surface area contributed by atoms with Crippen LogP contribution in [0.25, 0.3) is 0 Å². The van der Waals surface area contributed by atoms with Crippen LogP contribution < -0.4 is 10.6 Å². The number of nitrogens with zero attached hydrogens (tertiary/aromatic N) is 2. The van der Waals surface area contributed by atoms with Crippen molar-refractivity contribution in [2.45, 2.75) is 31.6 Å². The van der Waals surface area contributed by atoms with Gasteiger partial charge in [-0.25, -0.2) is 12.7 Å². The summed E-state index contributed by atoms with van der Waals surface area (Å²) in [6, 6.07) is 10.6. The van der Waals surface area contributed by atoms with Crippen LogP contribution in [0, 0.1) is 0 Å². The van der Waals surface area contributed by atoms with Gasteiger partial charge < -0.3 is 10.6 Å². The Morgan fingerprint density at radius 1 is 1.17 bits per heavy atom. The molecule has 3 rings (SSSR count). The average Bonchev–Trinajstić information content (AvgIpc) is 2.68. The first-order chi connectivity index (χ1) is 13.6. The second kappa shape index (κ2) is 11.8. The molecule has 0 bridgehead atoms. The van der Waals surface area contributed by atoms with Gasteiger partial charge in [-0.3, -0.25) is 4.99 Å². The summed E-state index contributed by atoms with van der Waals surface area (Å²) in [5.74, 6) is 2.58. The van der Waals surface area contributed by atoms with Gasteiger partial charge >= 0.3 is 0 Å². The summed E-state index contributed by atoms with van der Waals surface area (Å²) in [5.41, 5.74) is 1.48. The molecule has 1 aliphatic carbocycles. The lowest BCUT2D eigenvalue weighted by atomic mass is 9.64. The SMILES string of the molecule is CCNC(=NCC1(c2ccccc2)CCC1)NCCS(=O)(=O)N1CCSCC1.I. The minimum Gasteiger partial charge on any atom is -0.357 e. The number of nitrogens with one attached hydrogen (secondary N) is 2. The van der Waals surface area contributed by atoms with E-state index in [9.17, 15) is 8.42 Å². The molecule has 1 saturated carbocycles. The van der Waals surface area contributed by atoms with Crippen LogP contribution in [0.4, 0.5) is 0 Å². The van der Waals surface area contributed by atoms with Gasteiger partial charge in [-0.05, 0) is 25.3 Å². The molecule has 9 heteroatoms. The summed E-state index contributed by atoms with van der Waals surface area (Å²) in [7, 11) is -3.20. The standard InChI is InChI=1S/C20H32N4O2S2.HI/c1-2-21-19(22-11-16-28(25,26)24-12-14-27-15-13-24)23-17-20(9-6-10-20)18-7-4-3-5-8-18;/h3-5,7-8H,2,6,9-17H2,1H3,(H2,21,22,23);1H. The highest BCUT2D eigenvalue weighted by Gasteiger charge is 2.38. The van der Waals surface area contributed by atoms with Crippen molar-refractivity contribution in [3.8, 4) is 0 Å². The van der Waals surface area contributed by atoms with Gasteiger partial charge in [0.2, 0.25) is 10.0 Å². The van der Waals surface area contributed by atoms with Crippen LogP contribution in [-0.2, 0) is 15.4 Å². The van der Waals surface area contributed by atoms with Crippen molar-refractivity contribution < 1.29 is 8.42 Å². The molecule has 1 aromatic rings. The van der Waals surface area contributed by atoms with E-state index in [1.165, 1.54) is 12.0 Å². The molecule has 2 aliphatic rings. The summed E-state index contributed by atoms with van der Waals surface area (Å²) in [6.07, 6.45) is 3.54. The summed E-state index contributed by atoms with van der Waals surface area (Å²) < 4.78 is 26.6. The van der Waals surface area contributed by atoms with Crippen LogP contribution in [-0.4, -0.2) is 68.7 Å². The highest BCUT2D eigenvalue weighted by Crippen LogP contribution is 2.43. The third-order valence-electron chi connectivity index (χ3n) is 5.60. The fraction of sp³-hybridized carbons (Fsp3) is 0.650. The predicted molar refractivity (Wildman–Crippen MR) is 134 cm³/mol. The quantitative estimate of drug-likeness (QED) is 0.295. The molecule has 2 fully saturated rings. The summed E-state index contributed by atoms with van der Waals surface area (Å²) in [6.45, 7) is 5.12. The molecule has 0 amide bonds. The molecule has 1 heterocycles. The van der Waals surface area contributed by atoms with E-state index in [1.54, 1.807) is 4.31 Å². The maximum Gasteiger partial charge on any atom is 0.215 e. The van der Waals surface area contributed by atoms with Gasteiger partial charge in [0, 0.05) is 43.1 Å². The first-order valence-electron chi connectivity index (χ1n) is 10.2. The second-order valence-electron chi connectivity index (χ2n) is 7.45. The third-order valence-corrected chi connectivity index (χ3v) is 8.41. The highest BCUT2D eigenvalue weighted by atomic mass is 127. The van der Waals surface area contributed by atoms with Crippen molar-refractivity contribution in [1.29, 1.82) is 0 Å². The third kappa shape index (κ3) is 6.73. The van der Waals surface area contributed by atoms with E-state index in [0.717, 1.165) is 37.4 Å². The number of rotatable bonds is 8. The molecule has 0 spiro atoms. The Labute approximate surface area is 196 Å². The van der Waals surface area contributed by atoms with Crippen molar-refractivity contribution in [1.82, 2.24) is 14.9 Å². The summed E-state index contributed by atoms with van der Waals surface area (Å²) >= 11 is 1.81. The first-order valence-corrected chi connectivity index (χ1v) is 13.0. The number of benzene rings is 1. The second-order valence-corrected chi connectivity index (χ2v) is 10.8. The fourth-order valence-electron chi connectivity index (χ4n) is 3.76. The van der Waals surface area contributed by atoms with Gasteiger partial charge in [0.15, 0.2) is 5.96 Å². The number of halogens is 1. The fourth-order valence-corrected chi connectivity index (χ4v) is 6.25. The summed E-state index contributed by atoms with van der Waals surface area (Å²) in [4.78, 5) is 4.80. The minimum atomic E-state index is -3.20. The van der Waals surface area contributed by atoms with E-state index >= 15 is 0 Å². The Morgan fingerprint density at radius 2 is 1.86 bits per heavy atom. The topological polar surface area (TPSA) is 73.8 Å². The van der Waals surface area contributed by atoms with E-state index in [-0.39, 0.29) is 35.1 Å². The van der Waals surface area contributed by atoms with Gasteiger partial charge in [-0.15, -0.1) is 24.0 Å². The van der Waals surface area contributed by atoms with Crippen LogP contribution in [0.2, 0.25) is 0 Å². The van der Waals surface area contributed by atoms with Crippen LogP contribution in [0.1, 0.15) is 31.7 Å². The molecule has 0 unspecified atom stereocenters. The Morgan fingerprint density at radius 3 is 2.45 bits per heavy atom. The van der Waals surface area contributed by atoms with Crippen molar-refractivity contribution in [2.75, 3.05) is 50.0 Å². The molecule has 29 heavy (non-hydrogen) atoms. The van der Waals surface area contributed by atoms with Crippen LogP contribution >= 0.6 is 35.7 Å². The molecule has 0 atom stereocenters. The van der Waals surface area contributed by atoms with E-state index < -0.39 is 10.0 Å². The lowest BCUT2D eigenvalue weighted by Gasteiger charge is -2.41. The van der Waals surface area contributed by atoms with Crippen LogP contribution in [0.3, 0.4) is 0 Å². The predicted octanol–water partition coefficient (Wildman–Crippen LogP) is 2.66. The molecule has 1 saturated heterocycles. The first kappa shape index (κ1) is 24.7. The van der Waals surface area contributed by atoms with Crippen molar-refractivity contribution >= 4 is 51.7 Å². The van der Waals surface area contributed by atoms with Gasteiger partial charge in [0.1, 0.15) is 0 Å². The minimum absolute atomic E-state index is 0.